The molecule has 0 bridgehead atoms. The smallest absolute Gasteiger partial charge is 0.209 e. The van der Waals surface area contributed by atoms with Gasteiger partial charge in [0.25, 0.3) is 0 Å². The van der Waals surface area contributed by atoms with Gasteiger partial charge in [-0.3, -0.25) is 0 Å². The minimum Gasteiger partial charge on any atom is -0.338 e. The van der Waals surface area contributed by atoms with Crippen LogP contribution in [0.25, 0.3) is 0 Å². The third kappa shape index (κ3) is 2.92. The molecule has 0 spiro atoms. The number of hydrogen-bond acceptors (Lipinski definition) is 2. The number of fused-ring (bicyclic) bond motifs is 2. The second-order valence-corrected chi connectivity index (χ2v) is 9.13. The van der Waals surface area contributed by atoms with E-state index in [9.17, 15) is 0 Å². The van der Waals surface area contributed by atoms with Crippen LogP contribution in [0.5, 0.6) is 0 Å². The van der Waals surface area contributed by atoms with Gasteiger partial charge in [0.05, 0.1) is 16.1 Å². The fourth-order valence-corrected chi connectivity index (χ4v) is 5.77. The van der Waals surface area contributed by atoms with Crippen LogP contribution in [0.2, 0.25) is 0 Å². The Morgan fingerprint density at radius 1 is 0.931 bits per heavy atom. The minimum absolute atomic E-state index is 0.0735. The summed E-state index contributed by atoms with van der Waals surface area (Å²) in [6, 6.07) is 28.3. The van der Waals surface area contributed by atoms with Gasteiger partial charge in [-0.1, -0.05) is 72.4 Å². The predicted octanol–water partition coefficient (Wildman–Crippen LogP) is 6.00. The Balaban J connectivity index is 1.62. The topological polar surface area (TPSA) is 6.25 Å². The number of benzene rings is 3. The largest absolute Gasteiger partial charge is 0.338 e. The summed E-state index contributed by atoms with van der Waals surface area (Å²) >= 11 is 1.86. The Kier molecular flexibility index (Phi) is 4.36. The van der Waals surface area contributed by atoms with Gasteiger partial charge >= 0.3 is 0 Å². The number of hydrogen-bond donors (Lipinski definition) is 0. The van der Waals surface area contributed by atoms with Crippen molar-refractivity contribution >= 4 is 28.8 Å². The molecule has 0 N–H and O–H groups in total. The highest BCUT2D eigenvalue weighted by Crippen LogP contribution is 2.47. The van der Waals surface area contributed by atoms with E-state index in [1.54, 1.807) is 0 Å². The van der Waals surface area contributed by atoms with Crippen LogP contribution in [-0.4, -0.2) is 24.4 Å². The zero-order chi connectivity index (χ0) is 20.0. The number of anilines is 1. The lowest BCUT2D eigenvalue weighted by Gasteiger charge is -2.23. The van der Waals surface area contributed by atoms with Crippen LogP contribution in [0.1, 0.15) is 18.1 Å². The van der Waals surface area contributed by atoms with E-state index in [1.165, 1.54) is 38.1 Å². The van der Waals surface area contributed by atoms with E-state index < -0.39 is 0 Å². The van der Waals surface area contributed by atoms with E-state index in [0.717, 1.165) is 6.42 Å². The summed E-state index contributed by atoms with van der Waals surface area (Å²) < 4.78 is 2.38. The van der Waals surface area contributed by atoms with Crippen molar-refractivity contribution in [2.75, 3.05) is 19.0 Å². The maximum absolute atomic E-state index is 2.40. The van der Waals surface area contributed by atoms with E-state index in [0.29, 0.717) is 0 Å². The third-order valence-electron chi connectivity index (χ3n) is 6.22. The van der Waals surface area contributed by atoms with E-state index in [1.807, 2.05) is 11.8 Å². The number of nitrogens with zero attached hydrogens (tertiary/aromatic N) is 2. The molecule has 3 heteroatoms. The van der Waals surface area contributed by atoms with Crippen molar-refractivity contribution in [2.45, 2.75) is 23.7 Å². The number of para-hydroxylation sites is 2. The first-order valence-electron chi connectivity index (χ1n) is 10.0. The summed E-state index contributed by atoms with van der Waals surface area (Å²) in [6.07, 6.45) is 3.38. The molecule has 0 radical (unpaired) electrons. The first kappa shape index (κ1) is 18.3. The van der Waals surface area contributed by atoms with Gasteiger partial charge in [0, 0.05) is 29.6 Å². The lowest BCUT2D eigenvalue weighted by Crippen LogP contribution is -2.33. The molecular weight excluding hydrogens is 372 g/mol. The third-order valence-corrected chi connectivity index (χ3v) is 7.38. The van der Waals surface area contributed by atoms with Gasteiger partial charge in [-0.15, -0.1) is 0 Å². The van der Waals surface area contributed by atoms with Gasteiger partial charge in [-0.25, -0.2) is 0 Å². The predicted molar refractivity (Wildman–Crippen MR) is 124 cm³/mol. The molecule has 2 aliphatic rings. The molecule has 2 heterocycles. The fourth-order valence-electron chi connectivity index (χ4n) is 4.68. The van der Waals surface area contributed by atoms with Gasteiger partial charge in [0.15, 0.2) is 5.71 Å². The molecule has 0 aliphatic carbocycles. The Morgan fingerprint density at radius 2 is 1.62 bits per heavy atom. The molecule has 0 saturated heterocycles. The monoisotopic (exact) mass is 397 g/mol. The van der Waals surface area contributed by atoms with Crippen molar-refractivity contribution in [3.8, 4) is 0 Å². The van der Waals surface area contributed by atoms with Crippen LogP contribution < -0.4 is 4.90 Å². The second kappa shape index (κ2) is 6.93. The Hall–Kier alpha value is -2.78. The fraction of sp³-hybridized carbons (Fsp3) is 0.192. The SMILES string of the molecule is CN1/C(=C/C2=[N+](C)c3ccccc3C2(C)Cc2ccccc2)Sc2ccccc21. The van der Waals surface area contributed by atoms with Crippen LogP contribution >= 0.6 is 11.8 Å². The number of allylic oxidation sites excluding steroid dienone is 1. The van der Waals surface area contributed by atoms with E-state index in [2.05, 4.69) is 115 Å². The van der Waals surface area contributed by atoms with Gasteiger partial charge < -0.3 is 4.90 Å². The molecule has 2 nitrogen and oxygen atoms in total. The maximum atomic E-state index is 2.40. The lowest BCUT2D eigenvalue weighted by molar-refractivity contribution is -0.401. The standard InChI is InChI=1S/C26H25N2S/c1-26(18-19-11-5-4-6-12-19)20-13-7-8-14-21(20)27(2)24(26)17-25-28(3)22-15-9-10-16-23(22)29-25/h4-17H,18H2,1-3H3/q+1. The van der Waals surface area contributed by atoms with Crippen molar-refractivity contribution in [2.24, 2.45) is 0 Å². The van der Waals surface area contributed by atoms with Gasteiger partial charge in [-0.2, -0.15) is 4.58 Å². The molecule has 1 atom stereocenters. The summed E-state index contributed by atoms with van der Waals surface area (Å²) in [5.41, 5.74) is 6.64. The van der Waals surface area contributed by atoms with Crippen LogP contribution in [0.3, 0.4) is 0 Å². The first-order chi connectivity index (χ1) is 14.1. The van der Waals surface area contributed by atoms with E-state index in [4.69, 9.17) is 0 Å². The molecule has 0 saturated carbocycles. The average molecular weight is 398 g/mol. The van der Waals surface area contributed by atoms with Crippen molar-refractivity contribution < 1.29 is 4.58 Å². The first-order valence-corrected chi connectivity index (χ1v) is 10.9. The summed E-state index contributed by atoms with van der Waals surface area (Å²) in [5.74, 6) is 0. The van der Waals surface area contributed by atoms with E-state index >= 15 is 0 Å². The lowest BCUT2D eigenvalue weighted by atomic mass is 9.74. The highest BCUT2D eigenvalue weighted by molar-refractivity contribution is 8.03. The van der Waals surface area contributed by atoms with Gasteiger partial charge in [0.1, 0.15) is 7.05 Å². The van der Waals surface area contributed by atoms with Crippen molar-refractivity contribution in [3.05, 3.63) is 101 Å². The van der Waals surface area contributed by atoms with Crippen LogP contribution in [0.15, 0.2) is 94.9 Å². The normalized spacial score (nSPS) is 21.6. The number of thioether (sulfide) groups is 1. The molecule has 2 aliphatic heterocycles. The van der Waals surface area contributed by atoms with Crippen LogP contribution in [0.4, 0.5) is 11.4 Å². The number of rotatable bonds is 3. The minimum atomic E-state index is -0.0735. The summed E-state index contributed by atoms with van der Waals surface area (Å²) in [7, 11) is 4.37. The Labute approximate surface area is 177 Å². The van der Waals surface area contributed by atoms with Crippen molar-refractivity contribution in [1.29, 1.82) is 0 Å². The van der Waals surface area contributed by atoms with Crippen LogP contribution in [-0.2, 0) is 11.8 Å². The molecule has 144 valence electrons. The average Bonchev–Trinajstić information content (AvgIpc) is 3.17. The molecule has 29 heavy (non-hydrogen) atoms. The van der Waals surface area contributed by atoms with Crippen molar-refractivity contribution in [1.82, 2.24) is 0 Å². The summed E-state index contributed by atoms with van der Waals surface area (Å²) in [4.78, 5) is 3.64. The Morgan fingerprint density at radius 3 is 2.41 bits per heavy atom. The molecular formula is C26H25N2S+. The Bertz CT molecular complexity index is 1150. The molecule has 5 rings (SSSR count). The van der Waals surface area contributed by atoms with Crippen molar-refractivity contribution in [3.63, 3.8) is 0 Å². The summed E-state index contributed by atoms with van der Waals surface area (Å²) in [6.45, 7) is 2.39. The quantitative estimate of drug-likeness (QED) is 0.500. The molecule has 0 amide bonds. The van der Waals surface area contributed by atoms with Gasteiger partial charge in [0.2, 0.25) is 5.69 Å². The maximum Gasteiger partial charge on any atom is 0.209 e. The highest BCUT2D eigenvalue weighted by Gasteiger charge is 2.47. The zero-order valence-electron chi connectivity index (χ0n) is 17.1. The highest BCUT2D eigenvalue weighted by atomic mass is 32.2. The van der Waals surface area contributed by atoms with Gasteiger partial charge in [-0.05, 0) is 31.0 Å². The molecule has 0 fully saturated rings. The van der Waals surface area contributed by atoms with Crippen LogP contribution in [0, 0.1) is 0 Å². The molecule has 3 aromatic carbocycles. The molecule has 3 aromatic rings. The zero-order valence-corrected chi connectivity index (χ0v) is 17.9. The van der Waals surface area contributed by atoms with E-state index in [-0.39, 0.29) is 5.41 Å². The summed E-state index contributed by atoms with van der Waals surface area (Å²) in [5, 5.41) is 1.28. The molecule has 0 aromatic heterocycles. The molecule has 1 unspecified atom stereocenters. The second-order valence-electron chi connectivity index (χ2n) is 8.07.